The normalized spacial score (nSPS) is 14.2. The Kier molecular flexibility index (Phi) is 6.75. The molecular weight excluding hydrogens is 224 g/mol. The Morgan fingerprint density at radius 3 is 2.47 bits per heavy atom. The maximum absolute atomic E-state index is 11.3. The molecule has 0 saturated heterocycles. The van der Waals surface area contributed by atoms with Crippen molar-refractivity contribution in [3.05, 3.63) is 0 Å². The lowest BCUT2D eigenvalue weighted by Crippen LogP contribution is -2.49. The van der Waals surface area contributed by atoms with Crippen LogP contribution in [0.3, 0.4) is 0 Å². The molecule has 6 heteroatoms. The summed E-state index contributed by atoms with van der Waals surface area (Å²) in [7, 11) is 2.77. The minimum Gasteiger partial charge on any atom is -0.467 e. The fourth-order valence-electron chi connectivity index (χ4n) is 1.53. The van der Waals surface area contributed by atoms with Crippen LogP contribution in [0, 0.1) is 0 Å². The molecule has 0 aliphatic heterocycles. The van der Waals surface area contributed by atoms with Crippen LogP contribution < -0.4 is 5.32 Å². The number of likely N-dealkylation sites (N-methyl/N-ethyl adjacent to an activating group) is 1. The van der Waals surface area contributed by atoms with E-state index in [9.17, 15) is 14.7 Å². The minimum atomic E-state index is -1.60. The Hall–Kier alpha value is -1.14. The number of aliphatic hydroxyl groups is 1. The first-order chi connectivity index (χ1) is 7.87. The Bertz CT molecular complexity index is 266. The van der Waals surface area contributed by atoms with Gasteiger partial charge in [0, 0.05) is 13.6 Å². The van der Waals surface area contributed by atoms with Crippen LogP contribution in [0.4, 0.5) is 0 Å². The Morgan fingerprint density at radius 1 is 1.47 bits per heavy atom. The van der Waals surface area contributed by atoms with E-state index >= 15 is 0 Å². The van der Waals surface area contributed by atoms with Crippen molar-refractivity contribution in [2.45, 2.75) is 25.9 Å². The number of carbonyl (C=O) groups is 2. The lowest BCUT2D eigenvalue weighted by molar-refractivity contribution is -0.162. The van der Waals surface area contributed by atoms with Gasteiger partial charge in [-0.2, -0.15) is 0 Å². The number of methoxy groups -OCH3 is 1. The van der Waals surface area contributed by atoms with Crippen LogP contribution in [0.15, 0.2) is 0 Å². The van der Waals surface area contributed by atoms with E-state index in [1.165, 1.54) is 14.0 Å². The molecule has 2 N–H and O–H groups in total. The van der Waals surface area contributed by atoms with E-state index < -0.39 is 11.6 Å². The summed E-state index contributed by atoms with van der Waals surface area (Å²) in [6.45, 7) is 4.19. The summed E-state index contributed by atoms with van der Waals surface area (Å²) in [5.41, 5.74) is -1.60. The molecule has 0 spiro atoms. The first kappa shape index (κ1) is 15.9. The van der Waals surface area contributed by atoms with E-state index in [-0.39, 0.29) is 19.0 Å². The quantitative estimate of drug-likeness (QED) is 0.585. The Balaban J connectivity index is 4.52. The van der Waals surface area contributed by atoms with Crippen molar-refractivity contribution in [2.75, 3.05) is 33.8 Å². The SMILES string of the molecule is CCCN(CC(=O)NC)CC(C)(O)C(=O)OC. The molecule has 0 aromatic carbocycles. The maximum Gasteiger partial charge on any atom is 0.338 e. The highest BCUT2D eigenvalue weighted by atomic mass is 16.5. The van der Waals surface area contributed by atoms with Gasteiger partial charge in [-0.3, -0.25) is 9.69 Å². The predicted molar refractivity (Wildman–Crippen MR) is 63.4 cm³/mol. The molecule has 0 radical (unpaired) electrons. The van der Waals surface area contributed by atoms with E-state index in [0.717, 1.165) is 6.42 Å². The average Bonchev–Trinajstić information content (AvgIpc) is 2.27. The molecular formula is C11H22N2O4. The largest absolute Gasteiger partial charge is 0.467 e. The molecule has 0 heterocycles. The first-order valence-electron chi connectivity index (χ1n) is 5.61. The van der Waals surface area contributed by atoms with E-state index in [0.29, 0.717) is 6.54 Å². The third-order valence-corrected chi connectivity index (χ3v) is 2.34. The van der Waals surface area contributed by atoms with Gasteiger partial charge in [-0.25, -0.2) is 4.79 Å². The molecule has 100 valence electrons. The number of nitrogens with zero attached hydrogens (tertiary/aromatic N) is 1. The molecule has 0 aliphatic carbocycles. The highest BCUT2D eigenvalue weighted by Crippen LogP contribution is 2.09. The number of amides is 1. The Labute approximate surface area is 102 Å². The highest BCUT2D eigenvalue weighted by Gasteiger charge is 2.33. The smallest absolute Gasteiger partial charge is 0.338 e. The van der Waals surface area contributed by atoms with Crippen LogP contribution in [-0.2, 0) is 14.3 Å². The van der Waals surface area contributed by atoms with Crippen molar-refractivity contribution >= 4 is 11.9 Å². The summed E-state index contributed by atoms with van der Waals surface area (Å²) in [4.78, 5) is 24.3. The molecule has 17 heavy (non-hydrogen) atoms. The molecule has 0 fully saturated rings. The fourth-order valence-corrected chi connectivity index (χ4v) is 1.53. The monoisotopic (exact) mass is 246 g/mol. The second-order valence-corrected chi connectivity index (χ2v) is 4.15. The van der Waals surface area contributed by atoms with Crippen molar-refractivity contribution in [3.63, 3.8) is 0 Å². The molecule has 0 bridgehead atoms. The van der Waals surface area contributed by atoms with Crippen LogP contribution in [0.1, 0.15) is 20.3 Å². The lowest BCUT2D eigenvalue weighted by atomic mass is 10.1. The first-order valence-corrected chi connectivity index (χ1v) is 5.61. The van der Waals surface area contributed by atoms with Crippen molar-refractivity contribution in [2.24, 2.45) is 0 Å². The average molecular weight is 246 g/mol. The highest BCUT2D eigenvalue weighted by molar-refractivity contribution is 5.80. The van der Waals surface area contributed by atoms with Gasteiger partial charge in [-0.1, -0.05) is 6.92 Å². The van der Waals surface area contributed by atoms with E-state index in [4.69, 9.17) is 0 Å². The Morgan fingerprint density at radius 2 is 2.06 bits per heavy atom. The number of hydrogen-bond acceptors (Lipinski definition) is 5. The predicted octanol–water partition coefficient (Wildman–Crippen LogP) is -0.632. The molecule has 0 aromatic heterocycles. The van der Waals surface area contributed by atoms with E-state index in [1.807, 2.05) is 6.92 Å². The summed E-state index contributed by atoms with van der Waals surface area (Å²) in [5.74, 6) is -0.852. The molecule has 0 rings (SSSR count). The van der Waals surface area contributed by atoms with Crippen LogP contribution in [0.2, 0.25) is 0 Å². The number of esters is 1. The van der Waals surface area contributed by atoms with Gasteiger partial charge in [0.1, 0.15) is 0 Å². The maximum atomic E-state index is 11.3. The second-order valence-electron chi connectivity index (χ2n) is 4.15. The van der Waals surface area contributed by atoms with Gasteiger partial charge in [-0.05, 0) is 19.9 Å². The third kappa shape index (κ3) is 5.65. The van der Waals surface area contributed by atoms with Gasteiger partial charge in [0.15, 0.2) is 5.60 Å². The number of hydrogen-bond donors (Lipinski definition) is 2. The van der Waals surface area contributed by atoms with Gasteiger partial charge in [-0.15, -0.1) is 0 Å². The summed E-state index contributed by atoms with van der Waals surface area (Å²) < 4.78 is 4.51. The van der Waals surface area contributed by atoms with Crippen LogP contribution in [0.5, 0.6) is 0 Å². The van der Waals surface area contributed by atoms with Gasteiger partial charge in [0.2, 0.25) is 5.91 Å². The molecule has 1 amide bonds. The molecule has 1 unspecified atom stereocenters. The molecule has 0 aliphatic rings. The van der Waals surface area contributed by atoms with Crippen LogP contribution >= 0.6 is 0 Å². The molecule has 0 saturated carbocycles. The summed E-state index contributed by atoms with van der Waals surface area (Å²) in [5, 5.41) is 12.4. The fraction of sp³-hybridized carbons (Fsp3) is 0.818. The van der Waals surface area contributed by atoms with E-state index in [1.54, 1.807) is 11.9 Å². The van der Waals surface area contributed by atoms with Crippen LogP contribution in [0.25, 0.3) is 0 Å². The molecule has 1 atom stereocenters. The van der Waals surface area contributed by atoms with Crippen molar-refractivity contribution < 1.29 is 19.4 Å². The van der Waals surface area contributed by atoms with Crippen molar-refractivity contribution in [1.29, 1.82) is 0 Å². The summed E-state index contributed by atoms with van der Waals surface area (Å²) >= 11 is 0. The third-order valence-electron chi connectivity index (χ3n) is 2.34. The van der Waals surface area contributed by atoms with Crippen molar-refractivity contribution in [3.8, 4) is 0 Å². The second kappa shape index (κ2) is 7.24. The topological polar surface area (TPSA) is 78.9 Å². The van der Waals surface area contributed by atoms with Crippen LogP contribution in [-0.4, -0.2) is 61.3 Å². The zero-order valence-electron chi connectivity index (χ0n) is 10.9. The zero-order chi connectivity index (χ0) is 13.5. The van der Waals surface area contributed by atoms with Gasteiger partial charge in [0.05, 0.1) is 13.7 Å². The van der Waals surface area contributed by atoms with Crippen molar-refractivity contribution in [1.82, 2.24) is 10.2 Å². The van der Waals surface area contributed by atoms with Gasteiger partial charge < -0.3 is 15.2 Å². The number of rotatable bonds is 7. The molecule has 0 aromatic rings. The number of ether oxygens (including phenoxy) is 1. The summed E-state index contributed by atoms with van der Waals surface area (Å²) in [6, 6.07) is 0. The zero-order valence-corrected chi connectivity index (χ0v) is 10.9. The summed E-state index contributed by atoms with van der Waals surface area (Å²) in [6.07, 6.45) is 0.828. The number of nitrogens with one attached hydrogen (secondary N) is 1. The molecule has 6 nitrogen and oxygen atoms in total. The standard InChI is InChI=1S/C11H22N2O4/c1-5-6-13(7-9(14)12-3)8-11(2,16)10(15)17-4/h16H,5-8H2,1-4H3,(H,12,14). The number of carbonyl (C=O) groups excluding carboxylic acids is 2. The lowest BCUT2D eigenvalue weighted by Gasteiger charge is -2.28. The van der Waals surface area contributed by atoms with Gasteiger partial charge >= 0.3 is 5.97 Å². The van der Waals surface area contributed by atoms with E-state index in [2.05, 4.69) is 10.1 Å². The minimum absolute atomic E-state index is 0.0704. The van der Waals surface area contributed by atoms with Gasteiger partial charge in [0.25, 0.3) is 0 Å².